The number of halogens is 1. The van der Waals surface area contributed by atoms with Gasteiger partial charge in [-0.15, -0.1) is 0 Å². The third-order valence-electron chi connectivity index (χ3n) is 8.82. The van der Waals surface area contributed by atoms with E-state index in [9.17, 15) is 0 Å². The van der Waals surface area contributed by atoms with Crippen LogP contribution in [0.1, 0.15) is 88.2 Å². The predicted molar refractivity (Wildman–Crippen MR) is 148 cm³/mol. The summed E-state index contributed by atoms with van der Waals surface area (Å²) in [4.78, 5) is 0. The second-order valence-electron chi connectivity index (χ2n) is 11.2. The van der Waals surface area contributed by atoms with Gasteiger partial charge in [0.15, 0.2) is 0 Å². The van der Waals surface area contributed by atoms with Gasteiger partial charge in [-0.25, -0.2) is 4.39 Å². The molecule has 0 aliphatic heterocycles. The zero-order valence-corrected chi connectivity index (χ0v) is 21.8. The Labute approximate surface area is 217 Å². The average molecular weight is 485 g/mol. The molecule has 0 heterocycles. The minimum atomic E-state index is -0.104. The summed E-state index contributed by atoms with van der Waals surface area (Å²) in [5.41, 5.74) is 3.91. The van der Waals surface area contributed by atoms with E-state index in [1.165, 1.54) is 69.8 Å². The molecular weight excluding hydrogens is 443 g/mol. The predicted octanol–water partition coefficient (Wildman–Crippen LogP) is 9.95. The number of benzene rings is 3. The first kappa shape index (κ1) is 25.1. The Balaban J connectivity index is 1.17. The molecule has 3 aromatic carbocycles. The van der Waals surface area contributed by atoms with E-state index in [4.69, 9.17) is 4.74 Å². The Hall–Kier alpha value is -2.61. The summed E-state index contributed by atoms with van der Waals surface area (Å²) < 4.78 is 21.2. The summed E-state index contributed by atoms with van der Waals surface area (Å²) in [6.45, 7) is 2.83. The van der Waals surface area contributed by atoms with Crippen molar-refractivity contribution in [2.75, 3.05) is 0 Å². The molecule has 0 aromatic heterocycles. The van der Waals surface area contributed by atoms with Crippen LogP contribution in [0, 0.1) is 23.6 Å². The van der Waals surface area contributed by atoms with Gasteiger partial charge in [-0.1, -0.05) is 93.6 Å². The fraction of sp³-hybridized carbons (Fsp3) is 0.471. The van der Waals surface area contributed by atoms with E-state index >= 15 is 4.39 Å². The van der Waals surface area contributed by atoms with Gasteiger partial charge < -0.3 is 4.74 Å². The van der Waals surface area contributed by atoms with Crippen LogP contribution in [0.4, 0.5) is 4.39 Å². The topological polar surface area (TPSA) is 9.23 Å². The molecule has 2 aliphatic rings. The average Bonchev–Trinajstić information content (AvgIpc) is 2.93. The van der Waals surface area contributed by atoms with Gasteiger partial charge in [0.05, 0.1) is 0 Å². The highest BCUT2D eigenvalue weighted by molar-refractivity contribution is 5.65. The molecular formula is C34H41FO. The number of fused-ring (bicyclic) bond motifs is 1. The van der Waals surface area contributed by atoms with Crippen LogP contribution >= 0.6 is 0 Å². The molecule has 2 saturated carbocycles. The third-order valence-corrected chi connectivity index (χ3v) is 8.82. The minimum absolute atomic E-state index is 0.104. The highest BCUT2D eigenvalue weighted by atomic mass is 19.1. The standard InChI is InChI=1S/C34H41FO/c1-2-3-5-8-25-11-12-29-22-30(14-13-28(29)21-25)31-17-20-33(34(35)23-31)27-15-18-32(19-16-27)36-24-26-9-6-4-7-10-26/h4,6-7,9-10,15-20,23,25,28-30H,2-3,5,8,11-14,21-22,24H2,1H3/t25?,28-,29-,30-/m1/s1. The normalized spacial score (nSPS) is 23.7. The van der Waals surface area contributed by atoms with Crippen LogP contribution < -0.4 is 4.74 Å². The van der Waals surface area contributed by atoms with Crippen LogP contribution in [0.2, 0.25) is 0 Å². The molecule has 5 rings (SSSR count). The van der Waals surface area contributed by atoms with E-state index < -0.39 is 0 Å². The van der Waals surface area contributed by atoms with Crippen molar-refractivity contribution >= 4 is 0 Å². The monoisotopic (exact) mass is 484 g/mol. The highest BCUT2D eigenvalue weighted by Crippen LogP contribution is 2.48. The first-order valence-electron chi connectivity index (χ1n) is 14.3. The molecule has 36 heavy (non-hydrogen) atoms. The van der Waals surface area contributed by atoms with Crippen molar-refractivity contribution in [3.8, 4) is 16.9 Å². The number of hydrogen-bond donors (Lipinski definition) is 0. The maximum Gasteiger partial charge on any atom is 0.131 e. The van der Waals surface area contributed by atoms with E-state index in [1.807, 2.05) is 54.6 Å². The van der Waals surface area contributed by atoms with E-state index in [2.05, 4.69) is 25.1 Å². The molecule has 190 valence electrons. The largest absolute Gasteiger partial charge is 0.489 e. The molecule has 3 aromatic rings. The Kier molecular flexibility index (Phi) is 8.41. The quantitative estimate of drug-likeness (QED) is 0.275. The van der Waals surface area contributed by atoms with E-state index in [0.717, 1.165) is 34.6 Å². The number of rotatable bonds is 9. The molecule has 2 heteroatoms. The fourth-order valence-electron chi connectivity index (χ4n) is 6.73. The van der Waals surface area contributed by atoms with Crippen LogP contribution in [0.3, 0.4) is 0 Å². The number of hydrogen-bond acceptors (Lipinski definition) is 1. The second kappa shape index (κ2) is 12.1. The lowest BCUT2D eigenvalue weighted by atomic mass is 9.63. The molecule has 0 amide bonds. The second-order valence-corrected chi connectivity index (χ2v) is 11.2. The van der Waals surface area contributed by atoms with Crippen molar-refractivity contribution in [1.82, 2.24) is 0 Å². The zero-order valence-electron chi connectivity index (χ0n) is 21.8. The van der Waals surface area contributed by atoms with Gasteiger partial charge in [-0.3, -0.25) is 0 Å². The van der Waals surface area contributed by atoms with Gasteiger partial charge in [0, 0.05) is 5.56 Å². The van der Waals surface area contributed by atoms with Gasteiger partial charge in [0.25, 0.3) is 0 Å². The maximum atomic E-state index is 15.3. The Morgan fingerprint density at radius 3 is 2.36 bits per heavy atom. The zero-order chi connectivity index (χ0) is 24.7. The summed E-state index contributed by atoms with van der Waals surface area (Å²) in [6.07, 6.45) is 13.6. The van der Waals surface area contributed by atoms with Gasteiger partial charge in [0.2, 0.25) is 0 Å². The lowest BCUT2D eigenvalue weighted by molar-refractivity contribution is 0.113. The third kappa shape index (κ3) is 6.20. The summed E-state index contributed by atoms with van der Waals surface area (Å²) in [5, 5.41) is 0. The van der Waals surface area contributed by atoms with Crippen LogP contribution in [0.15, 0.2) is 72.8 Å². The molecule has 1 unspecified atom stereocenters. The van der Waals surface area contributed by atoms with Crippen molar-refractivity contribution in [3.63, 3.8) is 0 Å². The molecule has 2 aliphatic carbocycles. The molecule has 1 nitrogen and oxygen atoms in total. The van der Waals surface area contributed by atoms with E-state index in [0.29, 0.717) is 18.1 Å². The van der Waals surface area contributed by atoms with Gasteiger partial charge in [0.1, 0.15) is 18.2 Å². The summed E-state index contributed by atoms with van der Waals surface area (Å²) in [6, 6.07) is 23.9. The molecule has 0 spiro atoms. The number of unbranched alkanes of at least 4 members (excludes halogenated alkanes) is 2. The summed E-state index contributed by atoms with van der Waals surface area (Å²) >= 11 is 0. The molecule has 2 fully saturated rings. The lowest BCUT2D eigenvalue weighted by Crippen LogP contribution is -2.30. The first-order valence-corrected chi connectivity index (χ1v) is 14.3. The molecule has 4 atom stereocenters. The lowest BCUT2D eigenvalue weighted by Gasteiger charge is -2.42. The molecule has 0 saturated heterocycles. The first-order chi connectivity index (χ1) is 17.7. The van der Waals surface area contributed by atoms with E-state index in [-0.39, 0.29) is 5.82 Å². The molecule has 0 radical (unpaired) electrons. The maximum absolute atomic E-state index is 15.3. The highest BCUT2D eigenvalue weighted by Gasteiger charge is 2.35. The van der Waals surface area contributed by atoms with Gasteiger partial charge in [-0.05, 0) is 90.7 Å². The van der Waals surface area contributed by atoms with Crippen LogP contribution in [0.5, 0.6) is 5.75 Å². The van der Waals surface area contributed by atoms with Crippen LogP contribution in [-0.4, -0.2) is 0 Å². The fourth-order valence-corrected chi connectivity index (χ4v) is 6.73. The van der Waals surface area contributed by atoms with E-state index in [1.54, 1.807) is 0 Å². The smallest absolute Gasteiger partial charge is 0.131 e. The van der Waals surface area contributed by atoms with Crippen molar-refractivity contribution < 1.29 is 9.13 Å². The number of ether oxygens (including phenoxy) is 1. The molecule has 0 N–H and O–H groups in total. The Morgan fingerprint density at radius 1 is 0.806 bits per heavy atom. The van der Waals surface area contributed by atoms with Crippen molar-refractivity contribution in [2.24, 2.45) is 17.8 Å². The van der Waals surface area contributed by atoms with Crippen molar-refractivity contribution in [1.29, 1.82) is 0 Å². The van der Waals surface area contributed by atoms with Gasteiger partial charge in [-0.2, -0.15) is 0 Å². The Morgan fingerprint density at radius 2 is 1.58 bits per heavy atom. The SMILES string of the molecule is CCCCCC1CC[C@@H]2C[C@H](c3ccc(-c4ccc(OCc5ccccc5)cc4)c(F)c3)CC[C@@H]2C1. The minimum Gasteiger partial charge on any atom is -0.489 e. The van der Waals surface area contributed by atoms with Crippen molar-refractivity contribution in [3.05, 3.63) is 89.7 Å². The summed E-state index contributed by atoms with van der Waals surface area (Å²) in [7, 11) is 0. The van der Waals surface area contributed by atoms with Crippen LogP contribution in [-0.2, 0) is 6.61 Å². The Bertz CT molecular complexity index is 1090. The molecule has 0 bridgehead atoms. The van der Waals surface area contributed by atoms with Crippen molar-refractivity contribution in [2.45, 2.75) is 83.7 Å². The van der Waals surface area contributed by atoms with Gasteiger partial charge >= 0.3 is 0 Å². The summed E-state index contributed by atoms with van der Waals surface area (Å²) in [5.74, 6) is 3.93. The van der Waals surface area contributed by atoms with Crippen LogP contribution in [0.25, 0.3) is 11.1 Å².